The standard InChI is InChI=1S/C21H18N2O3/c1-26-19-12-11-14(13-18(19)24)20-22-17-10-6-5-9-16(17)21(25)23(20)15-7-3-2-4-8-15/h2-13,20,22,24H,1H3. The van der Waals surface area contributed by atoms with Crippen LogP contribution in [0.3, 0.4) is 0 Å². The largest absolute Gasteiger partial charge is 0.504 e. The van der Waals surface area contributed by atoms with E-state index in [-0.39, 0.29) is 11.7 Å². The van der Waals surface area contributed by atoms with Gasteiger partial charge in [-0.2, -0.15) is 0 Å². The molecule has 2 N–H and O–H groups in total. The van der Waals surface area contributed by atoms with E-state index in [1.807, 2.05) is 60.7 Å². The third-order valence-corrected chi connectivity index (χ3v) is 4.48. The normalized spacial score (nSPS) is 16.0. The minimum Gasteiger partial charge on any atom is -0.504 e. The van der Waals surface area contributed by atoms with Crippen LogP contribution in [0.25, 0.3) is 0 Å². The van der Waals surface area contributed by atoms with E-state index < -0.39 is 6.17 Å². The number of nitrogens with one attached hydrogen (secondary N) is 1. The van der Waals surface area contributed by atoms with Crippen LogP contribution in [0.5, 0.6) is 11.5 Å². The first kappa shape index (κ1) is 16.0. The maximum Gasteiger partial charge on any atom is 0.262 e. The minimum absolute atomic E-state index is 0.0334. The Morgan fingerprint density at radius 3 is 2.46 bits per heavy atom. The van der Waals surface area contributed by atoms with Crippen LogP contribution >= 0.6 is 0 Å². The Kier molecular flexibility index (Phi) is 3.97. The first-order valence-electron chi connectivity index (χ1n) is 8.30. The molecule has 0 saturated carbocycles. The van der Waals surface area contributed by atoms with Crippen molar-refractivity contribution in [1.29, 1.82) is 0 Å². The molecule has 4 rings (SSSR count). The number of phenols is 1. The summed E-state index contributed by atoms with van der Waals surface area (Å²) < 4.78 is 5.13. The summed E-state index contributed by atoms with van der Waals surface area (Å²) in [7, 11) is 1.50. The molecule has 1 aliphatic rings. The van der Waals surface area contributed by atoms with Gasteiger partial charge >= 0.3 is 0 Å². The molecule has 3 aromatic rings. The molecule has 130 valence electrons. The van der Waals surface area contributed by atoms with Gasteiger partial charge in [0.05, 0.1) is 12.7 Å². The number of aromatic hydroxyl groups is 1. The van der Waals surface area contributed by atoms with Crippen molar-refractivity contribution < 1.29 is 14.6 Å². The van der Waals surface area contributed by atoms with Crippen LogP contribution in [0, 0.1) is 0 Å². The van der Waals surface area contributed by atoms with Crippen LogP contribution in [-0.2, 0) is 0 Å². The molecule has 1 amide bonds. The van der Waals surface area contributed by atoms with E-state index in [0.717, 1.165) is 16.9 Å². The van der Waals surface area contributed by atoms with E-state index in [9.17, 15) is 9.90 Å². The molecule has 0 aliphatic carbocycles. The van der Waals surface area contributed by atoms with Crippen LogP contribution in [0.15, 0.2) is 72.8 Å². The van der Waals surface area contributed by atoms with Crippen LogP contribution in [0.1, 0.15) is 22.1 Å². The number of nitrogens with zero attached hydrogens (tertiary/aromatic N) is 1. The number of hydrogen-bond donors (Lipinski definition) is 2. The molecule has 1 heterocycles. The Labute approximate surface area is 151 Å². The topological polar surface area (TPSA) is 61.8 Å². The van der Waals surface area contributed by atoms with Gasteiger partial charge in [0.2, 0.25) is 0 Å². The van der Waals surface area contributed by atoms with Gasteiger partial charge in [0.25, 0.3) is 5.91 Å². The maximum atomic E-state index is 13.2. The lowest BCUT2D eigenvalue weighted by Crippen LogP contribution is -2.43. The molecule has 1 unspecified atom stereocenters. The van der Waals surface area contributed by atoms with Gasteiger partial charge in [-0.25, -0.2) is 0 Å². The van der Waals surface area contributed by atoms with Gasteiger partial charge < -0.3 is 15.2 Å². The number of amides is 1. The molecule has 0 fully saturated rings. The summed E-state index contributed by atoms with van der Waals surface area (Å²) in [6.07, 6.45) is -0.448. The molecule has 0 radical (unpaired) electrons. The van der Waals surface area contributed by atoms with Crippen LogP contribution in [0.2, 0.25) is 0 Å². The average Bonchev–Trinajstić information content (AvgIpc) is 2.68. The fourth-order valence-corrected chi connectivity index (χ4v) is 3.22. The summed E-state index contributed by atoms with van der Waals surface area (Å²) in [5.74, 6) is 0.333. The number of ether oxygens (including phenoxy) is 1. The van der Waals surface area contributed by atoms with Crippen molar-refractivity contribution in [2.24, 2.45) is 0 Å². The Morgan fingerprint density at radius 1 is 1.00 bits per heavy atom. The van der Waals surface area contributed by atoms with Crippen molar-refractivity contribution >= 4 is 17.3 Å². The summed E-state index contributed by atoms with van der Waals surface area (Å²) in [6, 6.07) is 22.1. The third-order valence-electron chi connectivity index (χ3n) is 4.48. The highest BCUT2D eigenvalue weighted by molar-refractivity contribution is 6.12. The highest BCUT2D eigenvalue weighted by atomic mass is 16.5. The first-order valence-corrected chi connectivity index (χ1v) is 8.30. The molecule has 3 aromatic carbocycles. The van der Waals surface area contributed by atoms with Gasteiger partial charge in [-0.3, -0.25) is 9.69 Å². The fourth-order valence-electron chi connectivity index (χ4n) is 3.22. The molecule has 0 aromatic heterocycles. The quantitative estimate of drug-likeness (QED) is 0.747. The summed E-state index contributed by atoms with van der Waals surface area (Å²) >= 11 is 0. The van der Waals surface area contributed by atoms with Crippen molar-refractivity contribution in [3.05, 3.63) is 83.9 Å². The van der Waals surface area contributed by atoms with E-state index in [4.69, 9.17) is 4.74 Å². The minimum atomic E-state index is -0.448. The van der Waals surface area contributed by atoms with Gasteiger partial charge in [0.1, 0.15) is 6.17 Å². The zero-order valence-corrected chi connectivity index (χ0v) is 14.2. The molecule has 1 aliphatic heterocycles. The Morgan fingerprint density at radius 2 is 1.73 bits per heavy atom. The predicted octanol–water partition coefficient (Wildman–Crippen LogP) is 4.17. The number of carbonyl (C=O) groups is 1. The maximum absolute atomic E-state index is 13.2. The lowest BCUT2D eigenvalue weighted by Gasteiger charge is -2.38. The Hall–Kier alpha value is -3.47. The number of benzene rings is 3. The van der Waals surface area contributed by atoms with E-state index >= 15 is 0 Å². The molecule has 0 bridgehead atoms. The van der Waals surface area contributed by atoms with Crippen LogP contribution in [0.4, 0.5) is 11.4 Å². The van der Waals surface area contributed by atoms with Crippen molar-refractivity contribution in [1.82, 2.24) is 0 Å². The van der Waals surface area contributed by atoms with Gasteiger partial charge in [0, 0.05) is 11.4 Å². The SMILES string of the molecule is COc1ccc(C2Nc3ccccc3C(=O)N2c2ccccc2)cc1O. The number of fused-ring (bicyclic) bond motifs is 1. The van der Waals surface area contributed by atoms with E-state index in [2.05, 4.69) is 5.32 Å². The lowest BCUT2D eigenvalue weighted by atomic mass is 10.0. The summed E-state index contributed by atoms with van der Waals surface area (Å²) in [5.41, 5.74) is 2.92. The molecule has 26 heavy (non-hydrogen) atoms. The number of hydrogen-bond acceptors (Lipinski definition) is 4. The molecular weight excluding hydrogens is 328 g/mol. The van der Waals surface area contributed by atoms with Crippen molar-refractivity contribution in [3.63, 3.8) is 0 Å². The van der Waals surface area contributed by atoms with E-state index in [1.54, 1.807) is 17.0 Å². The van der Waals surface area contributed by atoms with Crippen molar-refractivity contribution in [2.45, 2.75) is 6.17 Å². The lowest BCUT2D eigenvalue weighted by molar-refractivity contribution is 0.0975. The second-order valence-corrected chi connectivity index (χ2v) is 6.03. The second kappa shape index (κ2) is 6.44. The summed E-state index contributed by atoms with van der Waals surface area (Å²) in [5, 5.41) is 13.6. The molecular formula is C21H18N2O3. The number of phenolic OH excluding ortho intramolecular Hbond substituents is 1. The molecule has 5 heteroatoms. The number of para-hydroxylation sites is 2. The summed E-state index contributed by atoms with van der Waals surface area (Å²) in [4.78, 5) is 14.9. The number of carbonyl (C=O) groups excluding carboxylic acids is 1. The van der Waals surface area contributed by atoms with Gasteiger partial charge in [-0.15, -0.1) is 0 Å². The smallest absolute Gasteiger partial charge is 0.262 e. The van der Waals surface area contributed by atoms with Crippen molar-refractivity contribution in [3.8, 4) is 11.5 Å². The second-order valence-electron chi connectivity index (χ2n) is 6.03. The fraction of sp³-hybridized carbons (Fsp3) is 0.0952. The number of anilines is 2. The molecule has 0 saturated heterocycles. The zero-order chi connectivity index (χ0) is 18.1. The molecule has 0 spiro atoms. The predicted molar refractivity (Wildman–Crippen MR) is 101 cm³/mol. The highest BCUT2D eigenvalue weighted by Gasteiger charge is 2.34. The zero-order valence-electron chi connectivity index (χ0n) is 14.2. The first-order chi connectivity index (χ1) is 12.7. The molecule has 5 nitrogen and oxygen atoms in total. The average molecular weight is 346 g/mol. The number of methoxy groups -OCH3 is 1. The Balaban J connectivity index is 1.85. The monoisotopic (exact) mass is 346 g/mol. The van der Waals surface area contributed by atoms with Gasteiger partial charge in [0.15, 0.2) is 11.5 Å². The molecule has 1 atom stereocenters. The summed E-state index contributed by atoms with van der Waals surface area (Å²) in [6.45, 7) is 0. The van der Waals surface area contributed by atoms with E-state index in [1.165, 1.54) is 7.11 Å². The third kappa shape index (κ3) is 2.63. The van der Waals surface area contributed by atoms with E-state index in [0.29, 0.717) is 11.3 Å². The van der Waals surface area contributed by atoms with Gasteiger partial charge in [-0.05, 0) is 42.0 Å². The van der Waals surface area contributed by atoms with Crippen LogP contribution < -0.4 is 15.0 Å². The Bertz CT molecular complexity index is 956. The van der Waals surface area contributed by atoms with Crippen LogP contribution in [-0.4, -0.2) is 18.1 Å². The van der Waals surface area contributed by atoms with Crippen molar-refractivity contribution in [2.75, 3.05) is 17.3 Å². The van der Waals surface area contributed by atoms with Gasteiger partial charge in [-0.1, -0.05) is 36.4 Å². The number of rotatable bonds is 3. The highest BCUT2D eigenvalue weighted by Crippen LogP contribution is 2.38.